The van der Waals surface area contributed by atoms with Crippen molar-refractivity contribution in [3.63, 3.8) is 0 Å². The van der Waals surface area contributed by atoms with E-state index in [1.807, 2.05) is 6.92 Å². The van der Waals surface area contributed by atoms with Crippen molar-refractivity contribution in [2.45, 2.75) is 38.1 Å². The molecule has 1 saturated carbocycles. The zero-order chi connectivity index (χ0) is 8.60. The van der Waals surface area contributed by atoms with Crippen LogP contribution in [-0.2, 0) is 9.47 Å². The molecule has 2 fully saturated rings. The summed E-state index contributed by atoms with van der Waals surface area (Å²) in [5.74, 6) is 1.05. The number of alkyl halides is 1. The first-order valence-corrected chi connectivity index (χ1v) is 5.13. The summed E-state index contributed by atoms with van der Waals surface area (Å²) in [6.07, 6.45) is 3.83. The van der Waals surface area contributed by atoms with Crippen LogP contribution in [0.1, 0.15) is 26.2 Å². The van der Waals surface area contributed by atoms with Gasteiger partial charge in [-0.2, -0.15) is 0 Å². The molecule has 2 atom stereocenters. The highest BCUT2D eigenvalue weighted by Crippen LogP contribution is 2.40. The minimum Gasteiger partial charge on any atom is -0.347 e. The van der Waals surface area contributed by atoms with Crippen molar-refractivity contribution in [1.29, 1.82) is 0 Å². The third-order valence-electron chi connectivity index (χ3n) is 2.52. The Labute approximate surface area is 78.2 Å². The van der Waals surface area contributed by atoms with E-state index in [1.54, 1.807) is 0 Å². The van der Waals surface area contributed by atoms with Gasteiger partial charge in [-0.1, -0.05) is 0 Å². The predicted octanol–water partition coefficient (Wildman–Crippen LogP) is 2.16. The zero-order valence-corrected chi connectivity index (χ0v) is 8.14. The molecule has 0 aromatic carbocycles. The maximum atomic E-state index is 5.69. The van der Waals surface area contributed by atoms with Crippen molar-refractivity contribution in [1.82, 2.24) is 0 Å². The van der Waals surface area contributed by atoms with E-state index in [9.17, 15) is 0 Å². The highest BCUT2D eigenvalue weighted by atomic mass is 35.5. The Bertz CT molecular complexity index is 170. The smallest absolute Gasteiger partial charge is 0.166 e. The van der Waals surface area contributed by atoms with Gasteiger partial charge in [-0.3, -0.25) is 0 Å². The van der Waals surface area contributed by atoms with Crippen LogP contribution in [0.2, 0.25) is 0 Å². The van der Waals surface area contributed by atoms with E-state index in [1.165, 1.54) is 12.8 Å². The van der Waals surface area contributed by atoms with E-state index in [0.717, 1.165) is 12.3 Å². The average Bonchev–Trinajstić information content (AvgIpc) is 2.74. The summed E-state index contributed by atoms with van der Waals surface area (Å²) < 4.78 is 11.3. The molecule has 1 saturated heterocycles. The van der Waals surface area contributed by atoms with Crippen LogP contribution in [0, 0.1) is 5.92 Å². The summed E-state index contributed by atoms with van der Waals surface area (Å²) in [5.41, 5.74) is 0. The van der Waals surface area contributed by atoms with Crippen LogP contribution in [0.4, 0.5) is 0 Å². The second kappa shape index (κ2) is 3.17. The number of hydrogen-bond donors (Lipinski definition) is 0. The van der Waals surface area contributed by atoms with E-state index in [0.29, 0.717) is 12.5 Å². The van der Waals surface area contributed by atoms with Gasteiger partial charge in [-0.25, -0.2) is 0 Å². The van der Waals surface area contributed by atoms with Gasteiger partial charge in [0, 0.05) is 6.42 Å². The molecule has 0 N–H and O–H groups in total. The fourth-order valence-corrected chi connectivity index (χ4v) is 1.87. The van der Waals surface area contributed by atoms with E-state index in [4.69, 9.17) is 21.1 Å². The highest BCUT2D eigenvalue weighted by molar-refractivity contribution is 6.18. The summed E-state index contributed by atoms with van der Waals surface area (Å²) >= 11 is 5.68. The van der Waals surface area contributed by atoms with Crippen molar-refractivity contribution in [2.75, 3.05) is 12.5 Å². The first kappa shape index (κ1) is 8.79. The van der Waals surface area contributed by atoms with E-state index in [2.05, 4.69) is 0 Å². The summed E-state index contributed by atoms with van der Waals surface area (Å²) in [4.78, 5) is 0. The van der Waals surface area contributed by atoms with Crippen LogP contribution in [0.3, 0.4) is 0 Å². The van der Waals surface area contributed by atoms with Gasteiger partial charge in [0.05, 0.1) is 18.6 Å². The van der Waals surface area contributed by atoms with Gasteiger partial charge in [0.25, 0.3) is 0 Å². The molecule has 0 aromatic rings. The minimum atomic E-state index is -0.333. The lowest BCUT2D eigenvalue weighted by atomic mass is 10.1. The third-order valence-corrected chi connectivity index (χ3v) is 2.86. The fraction of sp³-hybridized carbons (Fsp3) is 1.00. The van der Waals surface area contributed by atoms with E-state index >= 15 is 0 Å². The molecular weight excluding hydrogens is 176 g/mol. The highest BCUT2D eigenvalue weighted by Gasteiger charge is 2.41. The predicted molar refractivity (Wildman–Crippen MR) is 47.3 cm³/mol. The molecule has 2 aliphatic rings. The number of ether oxygens (including phenoxy) is 2. The van der Waals surface area contributed by atoms with Crippen LogP contribution in [0.15, 0.2) is 0 Å². The summed E-state index contributed by atoms with van der Waals surface area (Å²) in [6, 6.07) is 0. The van der Waals surface area contributed by atoms with Crippen molar-refractivity contribution in [2.24, 2.45) is 5.92 Å². The first-order chi connectivity index (χ1) is 5.72. The van der Waals surface area contributed by atoms with Gasteiger partial charge in [0.2, 0.25) is 0 Å². The summed E-state index contributed by atoms with van der Waals surface area (Å²) in [5, 5.41) is 0. The Kier molecular flexibility index (Phi) is 2.32. The molecule has 70 valence electrons. The lowest BCUT2D eigenvalue weighted by Crippen LogP contribution is -2.27. The zero-order valence-electron chi connectivity index (χ0n) is 7.38. The van der Waals surface area contributed by atoms with E-state index < -0.39 is 0 Å². The molecular formula is C9H15ClO2. The monoisotopic (exact) mass is 190 g/mol. The standard InChI is InChI=1S/C9H15ClO2/c1-9(4-7-2-3-7)11-6-8(5-10)12-9/h7-8H,2-6H2,1H3. The lowest BCUT2D eigenvalue weighted by molar-refractivity contribution is -0.158. The molecule has 0 amide bonds. The van der Waals surface area contributed by atoms with Crippen LogP contribution >= 0.6 is 11.6 Å². The number of halogens is 1. The fourth-order valence-electron chi connectivity index (χ4n) is 1.72. The van der Waals surface area contributed by atoms with Crippen molar-refractivity contribution < 1.29 is 9.47 Å². The summed E-state index contributed by atoms with van der Waals surface area (Å²) in [7, 11) is 0. The second-order valence-electron chi connectivity index (χ2n) is 3.99. The maximum Gasteiger partial charge on any atom is 0.166 e. The van der Waals surface area contributed by atoms with Crippen molar-refractivity contribution in [3.8, 4) is 0 Å². The number of rotatable bonds is 3. The molecule has 12 heavy (non-hydrogen) atoms. The summed E-state index contributed by atoms with van der Waals surface area (Å²) in [6.45, 7) is 2.69. The Morgan fingerprint density at radius 1 is 1.50 bits per heavy atom. The number of hydrogen-bond acceptors (Lipinski definition) is 2. The first-order valence-electron chi connectivity index (χ1n) is 4.59. The molecule has 0 radical (unpaired) electrons. The van der Waals surface area contributed by atoms with Gasteiger partial charge in [0.15, 0.2) is 5.79 Å². The molecule has 1 aliphatic carbocycles. The average molecular weight is 191 g/mol. The Hall–Kier alpha value is 0.210. The van der Waals surface area contributed by atoms with Gasteiger partial charge >= 0.3 is 0 Å². The molecule has 3 heteroatoms. The molecule has 1 heterocycles. The van der Waals surface area contributed by atoms with Crippen LogP contribution in [-0.4, -0.2) is 24.4 Å². The Balaban J connectivity index is 1.85. The van der Waals surface area contributed by atoms with Crippen molar-refractivity contribution in [3.05, 3.63) is 0 Å². The topological polar surface area (TPSA) is 18.5 Å². The van der Waals surface area contributed by atoms with Gasteiger partial charge in [-0.15, -0.1) is 11.6 Å². The van der Waals surface area contributed by atoms with Crippen LogP contribution in [0.5, 0.6) is 0 Å². The van der Waals surface area contributed by atoms with Gasteiger partial charge in [-0.05, 0) is 25.7 Å². The SMILES string of the molecule is CC1(CC2CC2)OCC(CCl)O1. The van der Waals surface area contributed by atoms with Crippen LogP contribution < -0.4 is 0 Å². The molecule has 2 unspecified atom stereocenters. The minimum absolute atomic E-state index is 0.107. The van der Waals surface area contributed by atoms with Gasteiger partial charge < -0.3 is 9.47 Å². The molecule has 0 bridgehead atoms. The van der Waals surface area contributed by atoms with E-state index in [-0.39, 0.29) is 11.9 Å². The van der Waals surface area contributed by atoms with Crippen molar-refractivity contribution >= 4 is 11.6 Å². The molecule has 2 nitrogen and oxygen atoms in total. The molecule has 2 rings (SSSR count). The Morgan fingerprint density at radius 3 is 2.75 bits per heavy atom. The quantitative estimate of drug-likeness (QED) is 0.635. The van der Waals surface area contributed by atoms with Crippen LogP contribution in [0.25, 0.3) is 0 Å². The molecule has 1 aliphatic heterocycles. The largest absolute Gasteiger partial charge is 0.347 e. The molecule has 0 spiro atoms. The second-order valence-corrected chi connectivity index (χ2v) is 4.30. The third kappa shape index (κ3) is 1.93. The maximum absolute atomic E-state index is 5.69. The molecule has 0 aromatic heterocycles. The lowest BCUT2D eigenvalue weighted by Gasteiger charge is -2.22. The normalized spacial score (nSPS) is 42.0. The van der Waals surface area contributed by atoms with Gasteiger partial charge in [0.1, 0.15) is 0 Å². The Morgan fingerprint density at radius 2 is 2.25 bits per heavy atom.